The van der Waals surface area contributed by atoms with Crippen molar-refractivity contribution >= 4 is 50.0 Å². The molecule has 1 rings (SSSR count). The summed E-state index contributed by atoms with van der Waals surface area (Å²) in [5.41, 5.74) is 19.1. The summed E-state index contributed by atoms with van der Waals surface area (Å²) in [4.78, 5) is 0. The summed E-state index contributed by atoms with van der Waals surface area (Å²) in [6, 6.07) is 3.82. The van der Waals surface area contributed by atoms with Gasteiger partial charge in [0.15, 0.2) is 0 Å². The topological polar surface area (TPSA) is 78.1 Å². The summed E-state index contributed by atoms with van der Waals surface area (Å²) in [5, 5.41) is 0. The second-order valence-corrected chi connectivity index (χ2v) is 5.20. The van der Waals surface area contributed by atoms with Gasteiger partial charge in [0, 0.05) is 15.0 Å². The minimum absolute atomic E-state index is 0. The number of hydrogen-bond acceptors (Lipinski definition) is 3. The van der Waals surface area contributed by atoms with Crippen LogP contribution >= 0.6 is 44.3 Å². The highest BCUT2D eigenvalue weighted by atomic mass is 79.9. The molecule has 0 bridgehead atoms. The van der Waals surface area contributed by atoms with E-state index in [1.807, 2.05) is 12.1 Å². The van der Waals surface area contributed by atoms with E-state index in [1.165, 1.54) is 0 Å². The molecule has 1 aromatic rings. The average Bonchev–Trinajstić information content (AvgIpc) is 2.19. The van der Waals surface area contributed by atoms with Crippen molar-refractivity contribution in [1.82, 2.24) is 0 Å². The molecule has 1 aromatic carbocycles. The maximum Gasteiger partial charge on any atom is 0.0507 e. The van der Waals surface area contributed by atoms with Crippen LogP contribution in [0.4, 0.5) is 5.69 Å². The molecule has 0 aromatic heterocycles. The van der Waals surface area contributed by atoms with Crippen molar-refractivity contribution in [3.05, 3.63) is 26.6 Å². The van der Waals surface area contributed by atoms with Crippen molar-refractivity contribution in [3.8, 4) is 0 Å². The van der Waals surface area contributed by atoms with E-state index < -0.39 is 0 Å². The molecule has 16 heavy (non-hydrogen) atoms. The third-order valence-corrected chi connectivity index (χ3v) is 3.36. The molecule has 0 aliphatic carbocycles. The van der Waals surface area contributed by atoms with Gasteiger partial charge in [0.1, 0.15) is 0 Å². The van der Waals surface area contributed by atoms with Crippen LogP contribution in [0.3, 0.4) is 0 Å². The highest BCUT2D eigenvalue weighted by molar-refractivity contribution is 9.11. The largest absolute Gasteiger partial charge is 0.398 e. The summed E-state index contributed by atoms with van der Waals surface area (Å²) in [5.74, 6) is 0. The van der Waals surface area contributed by atoms with Gasteiger partial charge in [0.05, 0.1) is 5.69 Å². The second-order valence-electron chi connectivity index (χ2n) is 3.43. The Kier molecular flexibility index (Phi) is 7.59. The van der Waals surface area contributed by atoms with Gasteiger partial charge >= 0.3 is 0 Å². The maximum absolute atomic E-state index is 6.04. The molecule has 0 spiro atoms. The molecule has 0 aliphatic heterocycles. The van der Waals surface area contributed by atoms with E-state index in [9.17, 15) is 0 Å². The normalized spacial score (nSPS) is 12.0. The van der Waals surface area contributed by atoms with Gasteiger partial charge in [-0.05, 0) is 53.0 Å². The number of nitrogens with two attached hydrogens (primary N) is 3. The van der Waals surface area contributed by atoms with Crippen molar-refractivity contribution in [2.75, 3.05) is 12.3 Å². The Bertz CT molecular complexity index is 347. The van der Waals surface area contributed by atoms with E-state index in [-0.39, 0.29) is 18.4 Å². The number of nitrogen functional groups attached to an aromatic ring is 1. The first-order valence-corrected chi connectivity index (χ1v) is 6.35. The highest BCUT2D eigenvalue weighted by Crippen LogP contribution is 2.32. The molecule has 0 heterocycles. The predicted molar refractivity (Wildman–Crippen MR) is 78.7 cm³/mol. The standard InChI is InChI=1S/C10H15Br2N3.ClH/c11-6-4-7(9(14)2-1-3-13)10(15)8(12)5-6;/h4-5,9H,1-3,13-15H2;1H/t9-;/m1./s1. The Morgan fingerprint density at radius 1 is 1.25 bits per heavy atom. The molecule has 3 nitrogen and oxygen atoms in total. The maximum atomic E-state index is 6.04. The lowest BCUT2D eigenvalue weighted by Crippen LogP contribution is -2.14. The molecular weight excluding hydrogens is 357 g/mol. The third kappa shape index (κ3) is 4.22. The lowest BCUT2D eigenvalue weighted by molar-refractivity contribution is 0.619. The fraction of sp³-hybridized carbons (Fsp3) is 0.400. The highest BCUT2D eigenvalue weighted by Gasteiger charge is 2.12. The Hall–Kier alpha value is 0.190. The number of hydrogen-bond donors (Lipinski definition) is 3. The molecule has 0 fully saturated rings. The lowest BCUT2D eigenvalue weighted by Gasteiger charge is -2.15. The van der Waals surface area contributed by atoms with Gasteiger partial charge in [-0.15, -0.1) is 12.4 Å². The van der Waals surface area contributed by atoms with Crippen LogP contribution in [0.25, 0.3) is 0 Å². The van der Waals surface area contributed by atoms with Crippen LogP contribution in [-0.2, 0) is 0 Å². The monoisotopic (exact) mass is 371 g/mol. The van der Waals surface area contributed by atoms with Crippen LogP contribution in [0.2, 0.25) is 0 Å². The van der Waals surface area contributed by atoms with Crippen molar-refractivity contribution < 1.29 is 0 Å². The first kappa shape index (κ1) is 16.2. The van der Waals surface area contributed by atoms with Gasteiger partial charge in [0.2, 0.25) is 0 Å². The van der Waals surface area contributed by atoms with E-state index in [2.05, 4.69) is 31.9 Å². The molecule has 1 atom stereocenters. The van der Waals surface area contributed by atoms with Crippen LogP contribution in [0.5, 0.6) is 0 Å². The molecule has 92 valence electrons. The minimum Gasteiger partial charge on any atom is -0.398 e. The molecule has 0 unspecified atom stereocenters. The third-order valence-electron chi connectivity index (χ3n) is 2.25. The molecule has 0 saturated heterocycles. The summed E-state index contributed by atoms with van der Waals surface area (Å²) >= 11 is 6.82. The van der Waals surface area contributed by atoms with E-state index >= 15 is 0 Å². The summed E-state index contributed by atoms with van der Waals surface area (Å²) < 4.78 is 1.84. The summed E-state index contributed by atoms with van der Waals surface area (Å²) in [6.07, 6.45) is 1.76. The van der Waals surface area contributed by atoms with Crippen molar-refractivity contribution in [1.29, 1.82) is 0 Å². The van der Waals surface area contributed by atoms with Crippen LogP contribution in [-0.4, -0.2) is 6.54 Å². The van der Waals surface area contributed by atoms with Gasteiger partial charge in [-0.3, -0.25) is 0 Å². The van der Waals surface area contributed by atoms with Gasteiger partial charge in [-0.25, -0.2) is 0 Å². The second kappa shape index (κ2) is 7.50. The van der Waals surface area contributed by atoms with E-state index in [0.29, 0.717) is 12.2 Å². The fourth-order valence-electron chi connectivity index (χ4n) is 1.40. The Morgan fingerprint density at radius 2 is 1.88 bits per heavy atom. The Balaban J connectivity index is 0.00000225. The van der Waals surface area contributed by atoms with Crippen LogP contribution < -0.4 is 17.2 Å². The van der Waals surface area contributed by atoms with E-state index in [0.717, 1.165) is 27.4 Å². The van der Waals surface area contributed by atoms with E-state index in [1.54, 1.807) is 0 Å². The van der Waals surface area contributed by atoms with Crippen molar-refractivity contribution in [2.24, 2.45) is 11.5 Å². The smallest absolute Gasteiger partial charge is 0.0507 e. The number of halogens is 3. The van der Waals surface area contributed by atoms with Gasteiger partial charge in [-0.2, -0.15) is 0 Å². The van der Waals surface area contributed by atoms with E-state index in [4.69, 9.17) is 17.2 Å². The van der Waals surface area contributed by atoms with Gasteiger partial charge in [-0.1, -0.05) is 15.9 Å². The molecule has 0 radical (unpaired) electrons. The Morgan fingerprint density at radius 3 is 2.44 bits per heavy atom. The molecular formula is C10H16Br2ClN3. The molecule has 0 amide bonds. The zero-order valence-electron chi connectivity index (χ0n) is 8.75. The first-order chi connectivity index (χ1) is 7.06. The molecule has 6 heteroatoms. The van der Waals surface area contributed by atoms with Crippen LogP contribution in [0.15, 0.2) is 21.1 Å². The molecule has 6 N–H and O–H groups in total. The van der Waals surface area contributed by atoms with Gasteiger partial charge < -0.3 is 17.2 Å². The van der Waals surface area contributed by atoms with Crippen molar-refractivity contribution in [3.63, 3.8) is 0 Å². The quantitative estimate of drug-likeness (QED) is 0.710. The zero-order valence-corrected chi connectivity index (χ0v) is 12.7. The van der Waals surface area contributed by atoms with Gasteiger partial charge in [0.25, 0.3) is 0 Å². The Labute approximate surface area is 119 Å². The fourth-order valence-corrected chi connectivity index (χ4v) is 2.66. The minimum atomic E-state index is -0.0534. The van der Waals surface area contributed by atoms with Crippen LogP contribution in [0.1, 0.15) is 24.4 Å². The number of anilines is 1. The molecule has 0 saturated carbocycles. The predicted octanol–water partition coefficient (Wildman–Crippen LogP) is 2.95. The number of rotatable bonds is 4. The SMILES string of the molecule is Cl.NCCC[C@@H](N)c1cc(Br)cc(Br)c1N. The summed E-state index contributed by atoms with van der Waals surface area (Å²) in [6.45, 7) is 0.656. The average molecular weight is 374 g/mol. The van der Waals surface area contributed by atoms with Crippen molar-refractivity contribution in [2.45, 2.75) is 18.9 Å². The summed E-state index contributed by atoms with van der Waals surface area (Å²) in [7, 11) is 0. The molecule has 0 aliphatic rings. The first-order valence-electron chi connectivity index (χ1n) is 4.76. The number of benzene rings is 1. The zero-order chi connectivity index (χ0) is 11.4. The lowest BCUT2D eigenvalue weighted by atomic mass is 10.0. The van der Waals surface area contributed by atoms with Crippen LogP contribution in [0, 0.1) is 0 Å².